The normalized spacial score (nSPS) is 11.9. The zero-order valence-electron chi connectivity index (χ0n) is 17.2. The smallest absolute Gasteiger partial charge is 0.0632 e. The minimum atomic E-state index is 1.16. The van der Waals surface area contributed by atoms with Crippen LogP contribution in [0.5, 0.6) is 0 Å². The molecule has 2 heteroatoms. The van der Waals surface area contributed by atoms with E-state index in [1.807, 2.05) is 0 Å². The molecular formula is C30H18BrN. The van der Waals surface area contributed by atoms with Crippen LogP contribution in [0.25, 0.3) is 60.3 Å². The highest BCUT2D eigenvalue weighted by Gasteiger charge is 2.22. The number of rotatable bonds is 2. The topological polar surface area (TPSA) is 4.41 Å². The van der Waals surface area contributed by atoms with Gasteiger partial charge in [0, 0.05) is 26.0 Å². The zero-order chi connectivity index (χ0) is 21.2. The molecule has 1 nitrogen and oxygen atoms in total. The minimum Gasteiger partial charge on any atom is -0.308 e. The number of halogens is 1. The molecule has 0 aliphatic heterocycles. The van der Waals surface area contributed by atoms with Gasteiger partial charge in [-0.25, -0.2) is 0 Å². The van der Waals surface area contributed by atoms with Crippen LogP contribution < -0.4 is 0 Å². The Morgan fingerprint density at radius 1 is 0.500 bits per heavy atom. The van der Waals surface area contributed by atoms with Crippen LogP contribution in [0.3, 0.4) is 0 Å². The van der Waals surface area contributed by atoms with Gasteiger partial charge in [0.05, 0.1) is 16.6 Å². The Balaban J connectivity index is 1.70. The van der Waals surface area contributed by atoms with E-state index in [4.69, 9.17) is 0 Å². The summed E-state index contributed by atoms with van der Waals surface area (Å²) >= 11 is 4.03. The monoisotopic (exact) mass is 471 g/mol. The van der Waals surface area contributed by atoms with E-state index in [1.54, 1.807) is 0 Å². The quantitative estimate of drug-likeness (QED) is 0.237. The Labute approximate surface area is 194 Å². The number of para-hydroxylation sites is 1. The Bertz CT molecular complexity index is 1760. The number of hydrogen-bond acceptors (Lipinski definition) is 0. The Morgan fingerprint density at radius 2 is 1.16 bits per heavy atom. The predicted octanol–water partition coefficient (Wildman–Crippen LogP) is 8.93. The third-order valence-electron chi connectivity index (χ3n) is 6.59. The molecule has 0 saturated carbocycles. The summed E-state index contributed by atoms with van der Waals surface area (Å²) in [6, 6.07) is 39.2. The highest BCUT2D eigenvalue weighted by Crippen LogP contribution is 2.46. The molecule has 5 aromatic carbocycles. The van der Waals surface area contributed by atoms with Crippen LogP contribution in [-0.2, 0) is 0 Å². The third kappa shape index (κ3) is 2.39. The second-order valence-electron chi connectivity index (χ2n) is 8.33. The van der Waals surface area contributed by atoms with Gasteiger partial charge in [0.1, 0.15) is 0 Å². The fraction of sp³-hybridized carbons (Fsp3) is 0. The van der Waals surface area contributed by atoms with Crippen molar-refractivity contribution >= 4 is 54.0 Å². The summed E-state index contributed by atoms with van der Waals surface area (Å²) < 4.78 is 3.59. The van der Waals surface area contributed by atoms with Crippen LogP contribution in [-0.4, -0.2) is 4.40 Å². The number of hydrogen-bond donors (Lipinski definition) is 0. The molecule has 0 unspecified atom stereocenters. The van der Waals surface area contributed by atoms with Crippen molar-refractivity contribution in [1.82, 2.24) is 4.40 Å². The molecule has 0 bridgehead atoms. The molecule has 2 aromatic heterocycles. The fourth-order valence-electron chi connectivity index (χ4n) is 5.17. The van der Waals surface area contributed by atoms with Gasteiger partial charge < -0.3 is 4.40 Å². The Hall–Kier alpha value is -3.62. The summed E-state index contributed by atoms with van der Waals surface area (Å²) in [5.74, 6) is 0. The summed E-state index contributed by atoms with van der Waals surface area (Å²) in [6.07, 6.45) is 0. The molecule has 0 fully saturated rings. The Kier molecular flexibility index (Phi) is 3.76. The SMILES string of the molecule is Brc1c(-c2ccccc2)cc2c3ccccc3n3c4ccc(-c5ccccc5)cc4c1c23. The van der Waals surface area contributed by atoms with Crippen molar-refractivity contribution in [3.8, 4) is 22.3 Å². The molecule has 32 heavy (non-hydrogen) atoms. The van der Waals surface area contributed by atoms with Crippen LogP contribution in [0.2, 0.25) is 0 Å². The van der Waals surface area contributed by atoms with Gasteiger partial charge in [-0.1, -0.05) is 84.9 Å². The van der Waals surface area contributed by atoms with Gasteiger partial charge in [0.15, 0.2) is 0 Å². The lowest BCUT2D eigenvalue weighted by molar-refractivity contribution is 1.37. The number of nitrogens with zero attached hydrogens (tertiary/aromatic N) is 1. The first-order chi connectivity index (χ1) is 15.8. The summed E-state index contributed by atoms with van der Waals surface area (Å²) in [5.41, 5.74) is 8.73. The lowest BCUT2D eigenvalue weighted by atomic mass is 9.98. The van der Waals surface area contributed by atoms with Crippen molar-refractivity contribution in [3.05, 3.63) is 114 Å². The first kappa shape index (κ1) is 18.0. The lowest BCUT2D eigenvalue weighted by Gasteiger charge is -2.08. The number of aromatic nitrogens is 1. The largest absolute Gasteiger partial charge is 0.308 e. The standard InChI is InChI=1S/C30H18BrN/c31-29-23(20-11-5-2-6-12-20)18-24-22-13-7-8-14-26(22)32-27-16-15-21(19-9-3-1-4-10-19)17-25(27)28(29)30(24)32/h1-18H. The molecule has 0 saturated heterocycles. The van der Waals surface area contributed by atoms with Gasteiger partial charge in [-0.15, -0.1) is 0 Å². The highest BCUT2D eigenvalue weighted by atomic mass is 79.9. The van der Waals surface area contributed by atoms with Crippen molar-refractivity contribution in [2.45, 2.75) is 0 Å². The summed E-state index contributed by atoms with van der Waals surface area (Å²) in [6.45, 7) is 0. The van der Waals surface area contributed by atoms with Crippen LogP contribution >= 0.6 is 15.9 Å². The molecule has 7 aromatic rings. The van der Waals surface area contributed by atoms with E-state index in [-0.39, 0.29) is 0 Å². The summed E-state index contributed by atoms with van der Waals surface area (Å²) in [5, 5.41) is 5.16. The highest BCUT2D eigenvalue weighted by molar-refractivity contribution is 9.10. The van der Waals surface area contributed by atoms with Gasteiger partial charge in [0.2, 0.25) is 0 Å². The molecule has 150 valence electrons. The van der Waals surface area contributed by atoms with E-state index < -0.39 is 0 Å². The van der Waals surface area contributed by atoms with E-state index in [9.17, 15) is 0 Å². The minimum absolute atomic E-state index is 1.16. The molecule has 2 heterocycles. The second kappa shape index (κ2) is 6.69. The first-order valence-electron chi connectivity index (χ1n) is 10.8. The number of benzene rings is 5. The maximum Gasteiger partial charge on any atom is 0.0632 e. The predicted molar refractivity (Wildman–Crippen MR) is 140 cm³/mol. The van der Waals surface area contributed by atoms with Crippen LogP contribution in [0.4, 0.5) is 0 Å². The second-order valence-corrected chi connectivity index (χ2v) is 9.12. The van der Waals surface area contributed by atoms with E-state index in [1.165, 1.54) is 60.3 Å². The molecule has 0 radical (unpaired) electrons. The van der Waals surface area contributed by atoms with Gasteiger partial charge in [-0.2, -0.15) is 0 Å². The molecule has 0 N–H and O–H groups in total. The summed E-state index contributed by atoms with van der Waals surface area (Å²) in [7, 11) is 0. The first-order valence-corrected chi connectivity index (χ1v) is 11.6. The van der Waals surface area contributed by atoms with E-state index in [0.717, 1.165) is 4.47 Å². The molecule has 0 atom stereocenters. The summed E-state index contributed by atoms with van der Waals surface area (Å²) in [4.78, 5) is 0. The van der Waals surface area contributed by atoms with Crippen LogP contribution in [0, 0.1) is 0 Å². The average Bonchev–Trinajstić information content (AvgIpc) is 3.37. The van der Waals surface area contributed by atoms with E-state index in [2.05, 4.69) is 130 Å². The van der Waals surface area contributed by atoms with Crippen molar-refractivity contribution in [1.29, 1.82) is 0 Å². The van der Waals surface area contributed by atoms with Crippen LogP contribution in [0.1, 0.15) is 0 Å². The van der Waals surface area contributed by atoms with Gasteiger partial charge in [0.25, 0.3) is 0 Å². The molecule has 0 aliphatic carbocycles. The molecule has 7 rings (SSSR count). The van der Waals surface area contributed by atoms with E-state index >= 15 is 0 Å². The average molecular weight is 472 g/mol. The maximum absolute atomic E-state index is 4.03. The van der Waals surface area contributed by atoms with Crippen molar-refractivity contribution in [2.24, 2.45) is 0 Å². The zero-order valence-corrected chi connectivity index (χ0v) is 18.8. The van der Waals surface area contributed by atoms with E-state index in [0.29, 0.717) is 0 Å². The van der Waals surface area contributed by atoms with Gasteiger partial charge in [-0.3, -0.25) is 0 Å². The van der Waals surface area contributed by atoms with Crippen molar-refractivity contribution in [3.63, 3.8) is 0 Å². The van der Waals surface area contributed by atoms with Crippen molar-refractivity contribution in [2.75, 3.05) is 0 Å². The molecular weight excluding hydrogens is 454 g/mol. The lowest BCUT2D eigenvalue weighted by Crippen LogP contribution is -1.82. The molecule has 0 amide bonds. The van der Waals surface area contributed by atoms with Crippen molar-refractivity contribution < 1.29 is 0 Å². The van der Waals surface area contributed by atoms with Gasteiger partial charge in [-0.05, 0) is 62.4 Å². The van der Waals surface area contributed by atoms with Gasteiger partial charge >= 0.3 is 0 Å². The fourth-order valence-corrected chi connectivity index (χ4v) is 5.91. The Morgan fingerprint density at radius 3 is 1.94 bits per heavy atom. The third-order valence-corrected chi connectivity index (χ3v) is 7.42. The maximum atomic E-state index is 4.03. The number of fused-ring (bicyclic) bond motifs is 6. The molecule has 0 aliphatic rings. The molecule has 0 spiro atoms. The van der Waals surface area contributed by atoms with Crippen LogP contribution in [0.15, 0.2) is 114 Å².